The Kier molecular flexibility index (Phi) is 21.6. The molecule has 0 aliphatic rings. The first-order valence-electron chi connectivity index (χ1n) is 14.3. The number of rotatable bonds is 26. The van der Waals surface area contributed by atoms with E-state index in [1.807, 2.05) is 0 Å². The molecule has 3 atom stereocenters. The van der Waals surface area contributed by atoms with E-state index in [0.717, 1.165) is 0 Å². The molecule has 2 amide bonds. The normalized spacial score (nSPS) is 14.1. The predicted octanol–water partition coefficient (Wildman–Crippen LogP) is 1.54. The van der Waals surface area contributed by atoms with Crippen molar-refractivity contribution >= 4 is 81.7 Å². The molecule has 0 saturated heterocycles. The minimum atomic E-state index is -4.25. The summed E-state index contributed by atoms with van der Waals surface area (Å²) in [5.41, 5.74) is 5.82. The number of sulfone groups is 1. The van der Waals surface area contributed by atoms with Crippen LogP contribution < -0.4 is 16.4 Å². The van der Waals surface area contributed by atoms with Gasteiger partial charge >= 0.3 is 13.6 Å². The lowest BCUT2D eigenvalue weighted by molar-refractivity contribution is -0.142. The van der Waals surface area contributed by atoms with Crippen molar-refractivity contribution in [2.24, 2.45) is 5.73 Å². The van der Waals surface area contributed by atoms with Crippen molar-refractivity contribution in [1.82, 2.24) is 20.0 Å². The van der Waals surface area contributed by atoms with Gasteiger partial charge in [-0.1, -0.05) is 30.3 Å². The molecule has 0 aliphatic heterocycles. The standard InChI is InChI=1S/C26H42Cl4N5O10PS/c27-8-12-34(13-9-28)46(41,35(14-10-29)15-11-30)45-16-17-47(42,43)18-21(32-23(37)7-6-22(31)44-19-36)25(38)33-24(26(39)40)20-4-2-1-3-5-20/h1-5,21-22,24,36H,6-19,31H2,(H,32,37)(H,33,38)(H,39,40)/t21-,22+,24+/m0/s1. The number of benzene rings is 1. The SMILES string of the molecule is N[C@@H](CCC(=O)N[C@@H](CS(=O)(=O)CCOP(=O)(N(CCCl)CCCl)N(CCCl)CCCl)C(=O)N[C@@H](C(=O)O)c1ccccc1)OCO. The summed E-state index contributed by atoms with van der Waals surface area (Å²) in [5.74, 6) is -4.76. The molecule has 270 valence electrons. The number of halogens is 4. The molecule has 21 heteroatoms. The summed E-state index contributed by atoms with van der Waals surface area (Å²) in [6.45, 7) is -0.930. The van der Waals surface area contributed by atoms with E-state index in [9.17, 15) is 32.5 Å². The first-order valence-corrected chi connectivity index (χ1v) is 19.8. The smallest absolute Gasteiger partial charge is 0.346 e. The number of nitrogens with one attached hydrogen (secondary N) is 2. The monoisotopic (exact) mass is 787 g/mol. The lowest BCUT2D eigenvalue weighted by Crippen LogP contribution is -2.52. The van der Waals surface area contributed by atoms with E-state index in [1.165, 1.54) is 21.5 Å². The number of carbonyl (C=O) groups excluding carboxylic acids is 2. The van der Waals surface area contributed by atoms with Crippen LogP contribution in [0.15, 0.2) is 30.3 Å². The number of aliphatic hydroxyl groups is 1. The van der Waals surface area contributed by atoms with E-state index in [2.05, 4.69) is 10.6 Å². The average molecular weight is 790 g/mol. The van der Waals surface area contributed by atoms with Crippen LogP contribution in [0.3, 0.4) is 0 Å². The second-order valence-corrected chi connectivity index (χ2v) is 15.9. The van der Waals surface area contributed by atoms with E-state index >= 15 is 0 Å². The third-order valence-corrected chi connectivity index (χ3v) is 11.5. The number of carbonyl (C=O) groups is 3. The molecule has 0 unspecified atom stereocenters. The second kappa shape index (κ2) is 23.2. The van der Waals surface area contributed by atoms with E-state index in [0.29, 0.717) is 0 Å². The number of nitrogens with zero attached hydrogens (tertiary/aromatic N) is 2. The number of carboxylic acid groups (broad SMARTS) is 1. The number of hydrogen-bond acceptors (Lipinski definition) is 10. The minimum Gasteiger partial charge on any atom is -0.479 e. The Balaban J connectivity index is 3.24. The number of amides is 2. The van der Waals surface area contributed by atoms with Crippen molar-refractivity contribution in [3.63, 3.8) is 0 Å². The van der Waals surface area contributed by atoms with Gasteiger partial charge < -0.3 is 35.8 Å². The predicted molar refractivity (Wildman–Crippen MR) is 181 cm³/mol. The Morgan fingerprint density at radius 3 is 1.94 bits per heavy atom. The zero-order chi connectivity index (χ0) is 35.5. The van der Waals surface area contributed by atoms with Gasteiger partial charge in [0.25, 0.3) is 0 Å². The fourth-order valence-corrected chi connectivity index (χ4v) is 9.24. The molecule has 0 aliphatic carbocycles. The number of ether oxygens (including phenoxy) is 1. The minimum absolute atomic E-state index is 0.0615. The van der Waals surface area contributed by atoms with Gasteiger partial charge in [-0.2, -0.15) is 0 Å². The summed E-state index contributed by atoms with van der Waals surface area (Å²) in [5, 5.41) is 23.2. The van der Waals surface area contributed by atoms with Crippen LogP contribution in [0.4, 0.5) is 0 Å². The molecule has 6 N–H and O–H groups in total. The van der Waals surface area contributed by atoms with Crippen molar-refractivity contribution in [2.75, 3.05) is 74.6 Å². The first-order chi connectivity index (χ1) is 22.3. The Hall–Kier alpha value is -1.27. The first kappa shape index (κ1) is 43.8. The summed E-state index contributed by atoms with van der Waals surface area (Å²) in [7, 11) is -8.20. The number of aliphatic hydroxyl groups excluding tert-OH is 1. The van der Waals surface area contributed by atoms with Crippen LogP contribution in [0.1, 0.15) is 24.4 Å². The van der Waals surface area contributed by atoms with E-state index in [1.54, 1.807) is 18.2 Å². The molecular formula is C26H42Cl4N5O10PS. The highest BCUT2D eigenvalue weighted by atomic mass is 35.5. The van der Waals surface area contributed by atoms with Crippen molar-refractivity contribution in [3.8, 4) is 0 Å². The Morgan fingerprint density at radius 1 is 0.936 bits per heavy atom. The van der Waals surface area contributed by atoms with E-state index in [-0.39, 0.29) is 68.1 Å². The fraction of sp³-hybridized carbons (Fsp3) is 0.654. The number of carboxylic acids is 1. The Morgan fingerprint density at radius 2 is 1.47 bits per heavy atom. The molecule has 0 aromatic heterocycles. The summed E-state index contributed by atoms with van der Waals surface area (Å²) >= 11 is 23.7. The third-order valence-electron chi connectivity index (χ3n) is 6.42. The second-order valence-electron chi connectivity index (χ2n) is 9.78. The van der Waals surface area contributed by atoms with Gasteiger partial charge in [0, 0.05) is 56.1 Å². The lowest BCUT2D eigenvalue weighted by atomic mass is 10.1. The van der Waals surface area contributed by atoms with Gasteiger partial charge in [-0.3, -0.25) is 14.2 Å². The largest absolute Gasteiger partial charge is 0.479 e. The summed E-state index contributed by atoms with van der Waals surface area (Å²) in [4.78, 5) is 38.0. The number of aliphatic carboxylic acids is 1. The van der Waals surface area contributed by atoms with Gasteiger partial charge in [-0.15, -0.1) is 46.4 Å². The molecule has 47 heavy (non-hydrogen) atoms. The highest BCUT2D eigenvalue weighted by Crippen LogP contribution is 2.54. The van der Waals surface area contributed by atoms with Crippen LogP contribution >= 0.6 is 54.1 Å². The maximum atomic E-state index is 14.2. The van der Waals surface area contributed by atoms with Crippen LogP contribution in [0, 0.1) is 0 Å². The number of hydrogen-bond donors (Lipinski definition) is 5. The van der Waals surface area contributed by atoms with Crippen LogP contribution in [-0.4, -0.2) is 133 Å². The topological polar surface area (TPSA) is 218 Å². The average Bonchev–Trinajstić information content (AvgIpc) is 3.02. The molecule has 0 heterocycles. The van der Waals surface area contributed by atoms with Crippen LogP contribution in [-0.2, 0) is 38.0 Å². The maximum absolute atomic E-state index is 14.2. The molecule has 15 nitrogen and oxygen atoms in total. The zero-order valence-corrected chi connectivity index (χ0v) is 30.3. The molecule has 1 aromatic carbocycles. The van der Waals surface area contributed by atoms with Crippen molar-refractivity contribution < 1.29 is 46.8 Å². The van der Waals surface area contributed by atoms with Gasteiger partial charge in [0.15, 0.2) is 15.9 Å². The summed E-state index contributed by atoms with van der Waals surface area (Å²) < 4.78 is 54.1. The van der Waals surface area contributed by atoms with Crippen LogP contribution in [0.2, 0.25) is 0 Å². The summed E-state index contributed by atoms with van der Waals surface area (Å²) in [6.07, 6.45) is -1.41. The van der Waals surface area contributed by atoms with Gasteiger partial charge in [0.05, 0.1) is 18.1 Å². The zero-order valence-electron chi connectivity index (χ0n) is 25.5. The van der Waals surface area contributed by atoms with Crippen molar-refractivity contribution in [1.29, 1.82) is 0 Å². The third kappa shape index (κ3) is 15.9. The van der Waals surface area contributed by atoms with Gasteiger partial charge in [-0.25, -0.2) is 22.6 Å². The molecule has 0 fully saturated rings. The highest BCUT2D eigenvalue weighted by molar-refractivity contribution is 7.91. The molecule has 0 spiro atoms. The van der Waals surface area contributed by atoms with Gasteiger partial charge in [0.1, 0.15) is 19.1 Å². The Labute approximate surface area is 294 Å². The fourth-order valence-electron chi connectivity index (χ4n) is 4.16. The highest BCUT2D eigenvalue weighted by Gasteiger charge is 2.39. The summed E-state index contributed by atoms with van der Waals surface area (Å²) in [6, 6.07) is 4.36. The van der Waals surface area contributed by atoms with Crippen molar-refractivity contribution in [2.45, 2.75) is 31.2 Å². The van der Waals surface area contributed by atoms with E-state index < -0.39 is 78.5 Å². The quantitative estimate of drug-likeness (QED) is 0.0512. The number of alkyl halides is 4. The Bertz CT molecular complexity index is 1230. The molecule has 1 rings (SSSR count). The van der Waals surface area contributed by atoms with Crippen molar-refractivity contribution in [3.05, 3.63) is 35.9 Å². The number of nitrogens with two attached hydrogens (primary N) is 1. The van der Waals surface area contributed by atoms with E-state index in [4.69, 9.17) is 66.5 Å². The van der Waals surface area contributed by atoms with Gasteiger partial charge in [0.2, 0.25) is 11.8 Å². The maximum Gasteiger partial charge on any atom is 0.346 e. The molecule has 0 bridgehead atoms. The van der Waals surface area contributed by atoms with Crippen LogP contribution in [0.5, 0.6) is 0 Å². The van der Waals surface area contributed by atoms with Gasteiger partial charge in [-0.05, 0) is 12.0 Å². The molecular weight excluding hydrogens is 747 g/mol. The molecule has 1 aromatic rings. The molecule has 0 radical (unpaired) electrons. The lowest BCUT2D eigenvalue weighted by Gasteiger charge is -2.37. The van der Waals surface area contributed by atoms with Crippen LogP contribution in [0.25, 0.3) is 0 Å². The molecule has 0 saturated carbocycles.